The average molecular weight is 428 g/mol. The number of thiophene rings is 1. The van der Waals surface area contributed by atoms with E-state index >= 15 is 0 Å². The summed E-state index contributed by atoms with van der Waals surface area (Å²) in [6, 6.07) is 12.7. The number of carbonyl (C=O) groups is 2. The molecule has 2 heterocycles. The normalized spacial score (nSPS) is 13.4. The average Bonchev–Trinajstić information content (AvgIpc) is 3.38. The number of Topliss-reactive ketones (excluding diaryl/α,β-unsaturated/α-hetero) is 2. The van der Waals surface area contributed by atoms with Crippen LogP contribution in [-0.2, 0) is 0 Å². The topological polar surface area (TPSA) is 47.3 Å². The van der Waals surface area contributed by atoms with Crippen molar-refractivity contribution >= 4 is 39.3 Å². The molecule has 0 N–H and O–H groups in total. The highest BCUT2D eigenvalue weighted by molar-refractivity contribution is 7.19. The van der Waals surface area contributed by atoms with Crippen LogP contribution in [0.3, 0.4) is 0 Å². The van der Waals surface area contributed by atoms with Crippen LogP contribution in [0.1, 0.15) is 25.6 Å². The number of carbonyl (C=O) groups excluding carboxylic acids is 2. The maximum atomic E-state index is 14.0. The Kier molecular flexibility index (Phi) is 4.01. The molecule has 8 heteroatoms. The lowest BCUT2D eigenvalue weighted by atomic mass is 10.1. The van der Waals surface area contributed by atoms with E-state index in [0.717, 1.165) is 16.3 Å². The van der Waals surface area contributed by atoms with E-state index in [2.05, 4.69) is 0 Å². The van der Waals surface area contributed by atoms with Crippen LogP contribution in [0.25, 0.3) is 27.7 Å². The molecule has 0 amide bonds. The Bertz CT molecular complexity index is 1330. The molecule has 0 radical (unpaired) electrons. The monoisotopic (exact) mass is 428 g/mol. The summed E-state index contributed by atoms with van der Waals surface area (Å²) in [6.45, 7) is 0. The van der Waals surface area contributed by atoms with E-state index in [0.29, 0.717) is 16.2 Å². The first kappa shape index (κ1) is 18.5. The number of fused-ring (bicyclic) bond motifs is 2. The zero-order valence-electron chi connectivity index (χ0n) is 14.8. The Morgan fingerprint density at radius 3 is 1.97 bits per heavy atom. The molecule has 0 unspecified atom stereocenters. The zero-order chi connectivity index (χ0) is 21.2. The summed E-state index contributed by atoms with van der Waals surface area (Å²) in [6.07, 6.45) is 1.14. The molecule has 4 aromatic rings. The van der Waals surface area contributed by atoms with E-state index in [1.165, 1.54) is 11.3 Å². The van der Waals surface area contributed by atoms with Crippen molar-refractivity contribution in [2.24, 2.45) is 0 Å². The smallest absolute Gasteiger partial charge is 0.200 e. The van der Waals surface area contributed by atoms with Crippen molar-refractivity contribution in [2.75, 3.05) is 0 Å². The minimum Gasteiger partial charge on any atom is -0.455 e. The molecule has 1 aliphatic rings. The van der Waals surface area contributed by atoms with Gasteiger partial charge in [0.15, 0.2) is 23.3 Å². The Labute approximate surface area is 169 Å². The molecule has 3 nitrogen and oxygen atoms in total. The summed E-state index contributed by atoms with van der Waals surface area (Å²) in [7, 11) is 0. The molecular formula is C22H8F4O3S. The summed E-state index contributed by atoms with van der Waals surface area (Å²) in [5.41, 5.74) is -1.38. The Morgan fingerprint density at radius 1 is 0.800 bits per heavy atom. The molecule has 0 bridgehead atoms. The fourth-order valence-corrected chi connectivity index (χ4v) is 4.34. The van der Waals surface area contributed by atoms with Gasteiger partial charge in [-0.15, -0.1) is 11.3 Å². The van der Waals surface area contributed by atoms with Crippen LogP contribution in [0.4, 0.5) is 17.6 Å². The molecule has 2 aromatic heterocycles. The quantitative estimate of drug-likeness (QED) is 0.126. The predicted molar refractivity (Wildman–Crippen MR) is 102 cm³/mol. The molecule has 1 aliphatic carbocycles. The van der Waals surface area contributed by atoms with Gasteiger partial charge >= 0.3 is 0 Å². The van der Waals surface area contributed by atoms with Gasteiger partial charge < -0.3 is 4.42 Å². The van der Waals surface area contributed by atoms with Crippen molar-refractivity contribution in [1.29, 1.82) is 0 Å². The van der Waals surface area contributed by atoms with Crippen molar-refractivity contribution in [3.05, 3.63) is 87.3 Å². The first-order valence-corrected chi connectivity index (χ1v) is 9.44. The number of halogens is 4. The summed E-state index contributed by atoms with van der Waals surface area (Å²) in [4.78, 5) is 25.3. The number of allylic oxidation sites excluding steroid dienone is 1. The third-order valence-electron chi connectivity index (χ3n) is 4.78. The fraction of sp³-hybridized carbons (Fsp3) is 0. The van der Waals surface area contributed by atoms with Crippen LogP contribution >= 0.6 is 11.3 Å². The lowest BCUT2D eigenvalue weighted by molar-refractivity contribution is 0.0988. The lowest BCUT2D eigenvalue weighted by Crippen LogP contribution is -2.07. The van der Waals surface area contributed by atoms with E-state index in [1.807, 2.05) is 30.3 Å². The minimum atomic E-state index is -2.13. The van der Waals surface area contributed by atoms with Crippen molar-refractivity contribution < 1.29 is 31.6 Å². The molecule has 0 atom stereocenters. The van der Waals surface area contributed by atoms with Gasteiger partial charge in [-0.05, 0) is 12.1 Å². The van der Waals surface area contributed by atoms with E-state index in [4.69, 9.17) is 4.42 Å². The molecule has 0 aliphatic heterocycles. The van der Waals surface area contributed by atoms with Gasteiger partial charge in [-0.25, -0.2) is 17.6 Å². The van der Waals surface area contributed by atoms with E-state index in [-0.39, 0.29) is 0 Å². The Hall–Kier alpha value is -3.52. The number of ketones is 2. The number of rotatable bonds is 2. The second-order valence-electron chi connectivity index (χ2n) is 6.58. The Morgan fingerprint density at radius 2 is 1.40 bits per heavy atom. The molecule has 0 fully saturated rings. The number of hydrogen-bond acceptors (Lipinski definition) is 4. The van der Waals surface area contributed by atoms with Crippen molar-refractivity contribution in [3.63, 3.8) is 0 Å². The third kappa shape index (κ3) is 2.57. The highest BCUT2D eigenvalue weighted by Crippen LogP contribution is 2.38. The van der Waals surface area contributed by atoms with Crippen LogP contribution in [-0.4, -0.2) is 11.6 Å². The van der Waals surface area contributed by atoms with Crippen molar-refractivity contribution in [2.45, 2.75) is 0 Å². The van der Waals surface area contributed by atoms with Crippen LogP contribution in [0, 0.1) is 23.3 Å². The second-order valence-corrected chi connectivity index (χ2v) is 7.69. The molecule has 148 valence electrons. The third-order valence-corrected chi connectivity index (χ3v) is 5.79. The molecule has 0 spiro atoms. The van der Waals surface area contributed by atoms with Crippen LogP contribution in [0.15, 0.2) is 52.5 Å². The molecule has 0 saturated heterocycles. The SMILES string of the molecule is O=C1C(=Cc2cc3oc(-c4ccccc4)cc3s2)C(=O)c2c(F)c(F)c(F)c(F)c21. The van der Waals surface area contributed by atoms with E-state index < -0.39 is 51.5 Å². The molecule has 5 rings (SSSR count). The van der Waals surface area contributed by atoms with Crippen LogP contribution in [0.2, 0.25) is 0 Å². The van der Waals surface area contributed by atoms with Gasteiger partial charge in [-0.1, -0.05) is 30.3 Å². The molecule has 0 saturated carbocycles. The van der Waals surface area contributed by atoms with Crippen molar-refractivity contribution in [1.82, 2.24) is 0 Å². The molecular weight excluding hydrogens is 420 g/mol. The van der Waals surface area contributed by atoms with Gasteiger partial charge in [0.05, 0.1) is 21.4 Å². The molecule has 30 heavy (non-hydrogen) atoms. The molecule has 2 aromatic carbocycles. The van der Waals surface area contributed by atoms with Gasteiger partial charge in [0.25, 0.3) is 0 Å². The number of furan rings is 1. The summed E-state index contributed by atoms with van der Waals surface area (Å²) < 4.78 is 61.5. The fourth-order valence-electron chi connectivity index (χ4n) is 3.37. The minimum absolute atomic E-state index is 0.412. The number of hydrogen-bond donors (Lipinski definition) is 0. The second kappa shape index (κ2) is 6.50. The first-order chi connectivity index (χ1) is 14.4. The van der Waals surface area contributed by atoms with Gasteiger partial charge in [0.1, 0.15) is 11.3 Å². The highest BCUT2D eigenvalue weighted by atomic mass is 32.1. The van der Waals surface area contributed by atoms with Crippen LogP contribution in [0.5, 0.6) is 0 Å². The maximum Gasteiger partial charge on any atom is 0.200 e. The van der Waals surface area contributed by atoms with Gasteiger partial charge in [-0.3, -0.25) is 9.59 Å². The lowest BCUT2D eigenvalue weighted by Gasteiger charge is -2.02. The van der Waals surface area contributed by atoms with Crippen molar-refractivity contribution in [3.8, 4) is 11.3 Å². The van der Waals surface area contributed by atoms with E-state index in [1.54, 1.807) is 12.1 Å². The standard InChI is InChI=1S/C22H8F4O3S/c23-17-15-16(18(24)20(26)19(17)25)22(28)11(21(15)27)6-10-7-13-14(30-10)8-12(29-13)9-4-2-1-3-5-9/h1-8H. The zero-order valence-corrected chi connectivity index (χ0v) is 15.6. The predicted octanol–water partition coefficient (Wildman–Crippen LogP) is 6.18. The summed E-state index contributed by atoms with van der Waals surface area (Å²) >= 11 is 1.19. The number of benzene rings is 2. The maximum absolute atomic E-state index is 14.0. The largest absolute Gasteiger partial charge is 0.455 e. The van der Waals surface area contributed by atoms with E-state index in [9.17, 15) is 27.2 Å². The first-order valence-electron chi connectivity index (χ1n) is 8.62. The van der Waals surface area contributed by atoms with Crippen LogP contribution < -0.4 is 0 Å². The summed E-state index contributed by atoms with van der Waals surface area (Å²) in [5.74, 6) is -9.77. The van der Waals surface area contributed by atoms with Gasteiger partial charge in [0.2, 0.25) is 11.6 Å². The Balaban J connectivity index is 1.57. The van der Waals surface area contributed by atoms with Gasteiger partial charge in [-0.2, -0.15) is 0 Å². The highest BCUT2D eigenvalue weighted by Gasteiger charge is 2.42. The summed E-state index contributed by atoms with van der Waals surface area (Å²) in [5, 5.41) is 0. The van der Waals surface area contributed by atoms with Gasteiger partial charge in [0, 0.05) is 16.5 Å².